The summed E-state index contributed by atoms with van der Waals surface area (Å²) in [6, 6.07) is 6.10. The van der Waals surface area contributed by atoms with Crippen LogP contribution in [-0.2, 0) is 6.67 Å². The Bertz CT molecular complexity index is 557. The fraction of sp³-hybridized carbons (Fsp3) is 0.167. The van der Waals surface area contributed by atoms with E-state index in [1.807, 2.05) is 0 Å². The molecule has 6 heteroatoms. The fourth-order valence-corrected chi connectivity index (χ4v) is 1.64. The largest absolute Gasteiger partial charge is 0.496 e. The van der Waals surface area contributed by atoms with Gasteiger partial charge in [-0.25, -0.2) is 9.18 Å². The highest BCUT2D eigenvalue weighted by atomic mass is 19.1. The van der Waals surface area contributed by atoms with Crippen molar-refractivity contribution in [1.29, 1.82) is 0 Å². The molecule has 0 saturated carbocycles. The molecule has 0 unspecified atom stereocenters. The number of aromatic nitrogens is 1. The van der Waals surface area contributed by atoms with Crippen molar-refractivity contribution in [3.05, 3.63) is 35.6 Å². The van der Waals surface area contributed by atoms with Crippen molar-refractivity contribution in [3.63, 3.8) is 0 Å². The highest BCUT2D eigenvalue weighted by molar-refractivity contribution is 5.86. The number of nitrogens with zero attached hydrogens (tertiary/aromatic N) is 1. The highest BCUT2D eigenvalue weighted by Gasteiger charge is 2.18. The lowest BCUT2D eigenvalue weighted by molar-refractivity contribution is 0.0652. The number of halogens is 1. The van der Waals surface area contributed by atoms with E-state index in [2.05, 4.69) is 9.68 Å². The fourth-order valence-electron chi connectivity index (χ4n) is 1.64. The van der Waals surface area contributed by atoms with E-state index in [9.17, 15) is 9.18 Å². The van der Waals surface area contributed by atoms with E-state index in [-0.39, 0.29) is 11.5 Å². The number of methoxy groups -OCH3 is 1. The smallest absolute Gasteiger partial charge is 0.374 e. The van der Waals surface area contributed by atoms with Gasteiger partial charge in [-0.2, -0.15) is 0 Å². The molecule has 1 aromatic heterocycles. The number of carbonyl (C=O) groups is 1. The molecule has 0 saturated heterocycles. The predicted molar refractivity (Wildman–Crippen MR) is 60.3 cm³/mol. The highest BCUT2D eigenvalue weighted by Crippen LogP contribution is 2.33. The van der Waals surface area contributed by atoms with E-state index < -0.39 is 12.6 Å². The summed E-state index contributed by atoms with van der Waals surface area (Å²) in [6.07, 6.45) is 0. The Hall–Kier alpha value is -2.37. The van der Waals surface area contributed by atoms with Crippen molar-refractivity contribution < 1.29 is 23.6 Å². The number of hydrogen-bond donors (Lipinski definition) is 1. The summed E-state index contributed by atoms with van der Waals surface area (Å²) < 4.78 is 22.7. The molecule has 1 heterocycles. The van der Waals surface area contributed by atoms with Crippen LogP contribution >= 0.6 is 0 Å². The molecule has 0 radical (unpaired) electrons. The van der Waals surface area contributed by atoms with Gasteiger partial charge >= 0.3 is 5.97 Å². The number of benzene rings is 1. The van der Waals surface area contributed by atoms with Gasteiger partial charge in [0, 0.05) is 6.07 Å². The van der Waals surface area contributed by atoms with Crippen LogP contribution in [0, 0.1) is 0 Å². The summed E-state index contributed by atoms with van der Waals surface area (Å²) in [5, 5.41) is 12.4. The van der Waals surface area contributed by atoms with Gasteiger partial charge in [-0.1, -0.05) is 17.3 Å². The molecule has 0 atom stereocenters. The van der Waals surface area contributed by atoms with Crippen LogP contribution in [0.2, 0.25) is 0 Å². The Morgan fingerprint density at radius 3 is 2.89 bits per heavy atom. The van der Waals surface area contributed by atoms with E-state index in [0.29, 0.717) is 16.9 Å². The van der Waals surface area contributed by atoms with E-state index in [4.69, 9.17) is 9.84 Å². The van der Waals surface area contributed by atoms with E-state index in [0.717, 1.165) is 0 Å². The zero-order valence-electron chi connectivity index (χ0n) is 9.51. The Labute approximate surface area is 102 Å². The second-order valence-corrected chi connectivity index (χ2v) is 3.51. The van der Waals surface area contributed by atoms with Crippen LogP contribution < -0.4 is 4.74 Å². The van der Waals surface area contributed by atoms with Crippen LogP contribution in [-0.4, -0.2) is 23.3 Å². The van der Waals surface area contributed by atoms with Gasteiger partial charge in [0.2, 0.25) is 5.76 Å². The zero-order valence-corrected chi connectivity index (χ0v) is 9.51. The number of carboxylic acid groups (broad SMARTS) is 1. The molecule has 0 bridgehead atoms. The molecule has 94 valence electrons. The third kappa shape index (κ3) is 2.04. The molecule has 0 fully saturated rings. The minimum absolute atomic E-state index is 0.234. The van der Waals surface area contributed by atoms with Gasteiger partial charge in [0.05, 0.1) is 12.7 Å². The molecular weight excluding hydrogens is 241 g/mol. The summed E-state index contributed by atoms with van der Waals surface area (Å²) >= 11 is 0. The average Bonchev–Trinajstić information content (AvgIpc) is 2.87. The van der Waals surface area contributed by atoms with E-state index >= 15 is 0 Å². The summed E-state index contributed by atoms with van der Waals surface area (Å²) in [7, 11) is 1.44. The Morgan fingerprint density at radius 2 is 2.33 bits per heavy atom. The van der Waals surface area contributed by atoms with E-state index in [1.54, 1.807) is 18.2 Å². The van der Waals surface area contributed by atoms with Crippen molar-refractivity contribution in [2.45, 2.75) is 6.67 Å². The van der Waals surface area contributed by atoms with Crippen molar-refractivity contribution in [3.8, 4) is 17.0 Å². The van der Waals surface area contributed by atoms with Crippen LogP contribution in [0.3, 0.4) is 0 Å². The van der Waals surface area contributed by atoms with Gasteiger partial charge < -0.3 is 14.4 Å². The van der Waals surface area contributed by atoms with Gasteiger partial charge in [0.25, 0.3) is 0 Å². The number of aromatic carboxylic acids is 1. The van der Waals surface area contributed by atoms with Gasteiger partial charge in [-0.05, 0) is 11.6 Å². The molecule has 0 spiro atoms. The Kier molecular flexibility index (Phi) is 3.27. The monoisotopic (exact) mass is 251 g/mol. The lowest BCUT2D eigenvalue weighted by Crippen LogP contribution is -1.94. The minimum atomic E-state index is -1.23. The first kappa shape index (κ1) is 12.1. The molecule has 0 amide bonds. The number of carboxylic acids is 1. The standard InChI is InChI=1S/C12H10FNO4/c1-17-9-4-2-3-7(6-13)11(9)8-5-10(12(15)16)18-14-8/h2-5H,6H2,1H3,(H,15,16). The summed E-state index contributed by atoms with van der Waals surface area (Å²) in [6.45, 7) is -0.707. The minimum Gasteiger partial charge on any atom is -0.496 e. The molecular formula is C12H10FNO4. The third-order valence-corrected chi connectivity index (χ3v) is 2.45. The number of hydrogen-bond acceptors (Lipinski definition) is 4. The number of alkyl halides is 1. The topological polar surface area (TPSA) is 72.6 Å². The van der Waals surface area contributed by atoms with Crippen molar-refractivity contribution in [2.75, 3.05) is 7.11 Å². The summed E-state index contributed by atoms with van der Waals surface area (Å²) in [5.41, 5.74) is 0.996. The van der Waals surface area contributed by atoms with Crippen LogP contribution in [0.1, 0.15) is 16.1 Å². The maximum Gasteiger partial charge on any atom is 0.374 e. The van der Waals surface area contributed by atoms with Gasteiger partial charge in [0.15, 0.2) is 0 Å². The molecule has 2 aromatic rings. The number of rotatable bonds is 4. The molecule has 0 aliphatic heterocycles. The maximum absolute atomic E-state index is 12.9. The van der Waals surface area contributed by atoms with Crippen LogP contribution in [0.25, 0.3) is 11.3 Å². The molecule has 1 N–H and O–H groups in total. The Balaban J connectivity index is 2.57. The van der Waals surface area contributed by atoms with E-state index in [1.165, 1.54) is 13.2 Å². The second-order valence-electron chi connectivity index (χ2n) is 3.51. The molecule has 2 rings (SSSR count). The first-order chi connectivity index (χ1) is 8.67. The van der Waals surface area contributed by atoms with Crippen LogP contribution in [0.5, 0.6) is 5.75 Å². The predicted octanol–water partition coefficient (Wildman–Crippen LogP) is 2.52. The van der Waals surface area contributed by atoms with Gasteiger partial charge in [-0.3, -0.25) is 0 Å². The van der Waals surface area contributed by atoms with Crippen molar-refractivity contribution >= 4 is 5.97 Å². The maximum atomic E-state index is 12.9. The molecule has 1 aromatic carbocycles. The number of ether oxygens (including phenoxy) is 1. The molecule has 0 aliphatic carbocycles. The molecule has 18 heavy (non-hydrogen) atoms. The quantitative estimate of drug-likeness (QED) is 0.903. The zero-order chi connectivity index (χ0) is 13.1. The lowest BCUT2D eigenvalue weighted by Gasteiger charge is -2.08. The van der Waals surface area contributed by atoms with Crippen molar-refractivity contribution in [2.24, 2.45) is 0 Å². The normalized spacial score (nSPS) is 10.3. The third-order valence-electron chi connectivity index (χ3n) is 2.45. The van der Waals surface area contributed by atoms with Crippen LogP contribution in [0.4, 0.5) is 4.39 Å². The molecule has 0 aliphatic rings. The second kappa shape index (κ2) is 4.87. The van der Waals surface area contributed by atoms with Crippen molar-refractivity contribution in [1.82, 2.24) is 5.16 Å². The summed E-state index contributed by atoms with van der Waals surface area (Å²) in [5.74, 6) is -1.12. The average molecular weight is 251 g/mol. The van der Waals surface area contributed by atoms with Crippen LogP contribution in [0.15, 0.2) is 28.8 Å². The first-order valence-corrected chi connectivity index (χ1v) is 5.09. The lowest BCUT2D eigenvalue weighted by atomic mass is 10.0. The SMILES string of the molecule is COc1cccc(CF)c1-c1cc(C(=O)O)on1. The Morgan fingerprint density at radius 1 is 1.56 bits per heavy atom. The van der Waals surface area contributed by atoms with Gasteiger partial charge in [0.1, 0.15) is 18.1 Å². The summed E-state index contributed by atoms with van der Waals surface area (Å²) in [4.78, 5) is 10.7. The molecule has 5 nitrogen and oxygen atoms in total. The first-order valence-electron chi connectivity index (χ1n) is 5.09. The van der Waals surface area contributed by atoms with Gasteiger partial charge in [-0.15, -0.1) is 0 Å².